The van der Waals surface area contributed by atoms with Crippen molar-refractivity contribution in [2.24, 2.45) is 11.7 Å². The molecule has 1 aliphatic heterocycles. The van der Waals surface area contributed by atoms with E-state index in [2.05, 4.69) is 5.32 Å². The Morgan fingerprint density at radius 2 is 2.00 bits per heavy atom. The number of ether oxygens (including phenoxy) is 2. The summed E-state index contributed by atoms with van der Waals surface area (Å²) in [5.41, 5.74) is 6.92. The number of hydrogen-bond donors (Lipinski definition) is 2. The topological polar surface area (TPSA) is 73.6 Å². The molecule has 110 valence electrons. The van der Waals surface area contributed by atoms with Gasteiger partial charge in [0.25, 0.3) is 0 Å². The molecule has 3 N–H and O–H groups in total. The smallest absolute Gasteiger partial charge is 0.237 e. The van der Waals surface area contributed by atoms with Crippen molar-refractivity contribution in [3.63, 3.8) is 0 Å². The Hall–Kier alpha value is -1.75. The zero-order valence-corrected chi connectivity index (χ0v) is 12.2. The molecule has 0 bridgehead atoms. The van der Waals surface area contributed by atoms with Crippen LogP contribution in [0.5, 0.6) is 11.5 Å². The molecule has 0 fully saturated rings. The van der Waals surface area contributed by atoms with Crippen LogP contribution in [0.3, 0.4) is 0 Å². The minimum Gasteiger partial charge on any atom is -0.454 e. The maximum absolute atomic E-state index is 11.9. The fourth-order valence-electron chi connectivity index (χ4n) is 2.11. The molecule has 1 amide bonds. The highest BCUT2D eigenvalue weighted by Gasteiger charge is 2.19. The van der Waals surface area contributed by atoms with Gasteiger partial charge in [0.1, 0.15) is 0 Å². The van der Waals surface area contributed by atoms with Gasteiger partial charge in [0.2, 0.25) is 12.7 Å². The monoisotopic (exact) mass is 278 g/mol. The summed E-state index contributed by atoms with van der Waals surface area (Å²) in [6.45, 7) is 6.11. The first-order valence-corrected chi connectivity index (χ1v) is 6.92. The summed E-state index contributed by atoms with van der Waals surface area (Å²) in [6, 6.07) is 5.39. The van der Waals surface area contributed by atoms with Crippen molar-refractivity contribution in [1.29, 1.82) is 0 Å². The predicted octanol–water partition coefficient (Wildman–Crippen LogP) is 1.45. The van der Waals surface area contributed by atoms with Gasteiger partial charge in [-0.05, 0) is 37.0 Å². The Balaban J connectivity index is 1.91. The van der Waals surface area contributed by atoms with Gasteiger partial charge in [-0.3, -0.25) is 4.79 Å². The number of rotatable bonds is 5. The molecule has 2 rings (SSSR count). The number of benzene rings is 1. The molecule has 0 aliphatic carbocycles. The van der Waals surface area contributed by atoms with E-state index >= 15 is 0 Å². The summed E-state index contributed by atoms with van der Waals surface area (Å²) >= 11 is 0. The summed E-state index contributed by atoms with van der Waals surface area (Å²) in [4.78, 5) is 11.9. The first-order valence-electron chi connectivity index (χ1n) is 6.92. The zero-order valence-electron chi connectivity index (χ0n) is 12.2. The number of nitrogens with two attached hydrogens (primary N) is 1. The molecule has 0 saturated carbocycles. The lowest BCUT2D eigenvalue weighted by atomic mass is 10.0. The van der Waals surface area contributed by atoms with Gasteiger partial charge in [0, 0.05) is 6.04 Å². The van der Waals surface area contributed by atoms with Crippen molar-refractivity contribution in [3.05, 3.63) is 23.8 Å². The second kappa shape index (κ2) is 6.13. The van der Waals surface area contributed by atoms with Crippen molar-refractivity contribution in [2.45, 2.75) is 39.3 Å². The Kier molecular flexibility index (Phi) is 4.49. The third kappa shape index (κ3) is 3.42. The molecule has 20 heavy (non-hydrogen) atoms. The maximum atomic E-state index is 11.9. The van der Waals surface area contributed by atoms with E-state index in [4.69, 9.17) is 15.2 Å². The van der Waals surface area contributed by atoms with E-state index in [1.54, 1.807) is 0 Å². The van der Waals surface area contributed by atoms with Crippen LogP contribution < -0.4 is 20.5 Å². The lowest BCUT2D eigenvalue weighted by Crippen LogP contribution is -2.47. The van der Waals surface area contributed by atoms with E-state index in [1.165, 1.54) is 0 Å². The highest BCUT2D eigenvalue weighted by molar-refractivity contribution is 5.82. The summed E-state index contributed by atoms with van der Waals surface area (Å²) in [6.07, 6.45) is 0.729. The van der Waals surface area contributed by atoms with E-state index in [9.17, 15) is 4.79 Å². The molecule has 5 nitrogen and oxygen atoms in total. The quantitative estimate of drug-likeness (QED) is 0.855. The molecule has 2 unspecified atom stereocenters. The van der Waals surface area contributed by atoms with E-state index in [1.807, 2.05) is 39.0 Å². The Bertz CT molecular complexity index is 488. The number of fused-ring (bicyclic) bond motifs is 1. The summed E-state index contributed by atoms with van der Waals surface area (Å²) in [7, 11) is 0. The van der Waals surface area contributed by atoms with Crippen molar-refractivity contribution >= 4 is 5.91 Å². The summed E-state index contributed by atoms with van der Waals surface area (Å²) in [5.74, 6) is 1.56. The average Bonchev–Trinajstić information content (AvgIpc) is 2.84. The second-order valence-electron chi connectivity index (χ2n) is 5.57. The minimum atomic E-state index is -0.464. The Morgan fingerprint density at radius 3 is 2.70 bits per heavy atom. The van der Waals surface area contributed by atoms with Crippen LogP contribution in [0.15, 0.2) is 18.2 Å². The fraction of sp³-hybridized carbons (Fsp3) is 0.533. The van der Waals surface area contributed by atoms with Crippen LogP contribution in [0.1, 0.15) is 26.3 Å². The van der Waals surface area contributed by atoms with Crippen molar-refractivity contribution in [3.8, 4) is 11.5 Å². The second-order valence-corrected chi connectivity index (χ2v) is 5.57. The van der Waals surface area contributed by atoms with Gasteiger partial charge in [-0.2, -0.15) is 0 Å². The van der Waals surface area contributed by atoms with E-state index in [0.29, 0.717) is 0 Å². The molecule has 1 aromatic rings. The third-order valence-corrected chi connectivity index (χ3v) is 3.39. The molecule has 0 aromatic heterocycles. The van der Waals surface area contributed by atoms with Crippen LogP contribution in [-0.2, 0) is 11.2 Å². The van der Waals surface area contributed by atoms with E-state index < -0.39 is 6.04 Å². The third-order valence-electron chi connectivity index (χ3n) is 3.39. The lowest BCUT2D eigenvalue weighted by Gasteiger charge is -2.19. The van der Waals surface area contributed by atoms with Gasteiger partial charge in [-0.15, -0.1) is 0 Å². The van der Waals surface area contributed by atoms with E-state index in [-0.39, 0.29) is 24.7 Å². The molecule has 0 saturated heterocycles. The van der Waals surface area contributed by atoms with Crippen molar-refractivity contribution in [2.75, 3.05) is 6.79 Å². The SMILES string of the molecule is CC(Cc1ccc2c(c1)OCO2)NC(=O)C(N)C(C)C. The zero-order chi connectivity index (χ0) is 14.7. The Labute approximate surface area is 119 Å². The van der Waals surface area contributed by atoms with Crippen LogP contribution in [0.4, 0.5) is 0 Å². The van der Waals surface area contributed by atoms with Gasteiger partial charge in [0.15, 0.2) is 11.5 Å². The first kappa shape index (κ1) is 14.7. The molecule has 1 aliphatic rings. The number of nitrogens with one attached hydrogen (secondary N) is 1. The van der Waals surface area contributed by atoms with Crippen LogP contribution in [0, 0.1) is 5.92 Å². The highest BCUT2D eigenvalue weighted by atomic mass is 16.7. The molecule has 0 spiro atoms. The highest BCUT2D eigenvalue weighted by Crippen LogP contribution is 2.32. The fourth-order valence-corrected chi connectivity index (χ4v) is 2.11. The number of amides is 1. The molecular weight excluding hydrogens is 256 g/mol. The van der Waals surface area contributed by atoms with Crippen molar-refractivity contribution < 1.29 is 14.3 Å². The largest absolute Gasteiger partial charge is 0.454 e. The maximum Gasteiger partial charge on any atom is 0.237 e. The minimum absolute atomic E-state index is 0.0210. The van der Waals surface area contributed by atoms with Crippen LogP contribution in [-0.4, -0.2) is 24.8 Å². The molecule has 0 radical (unpaired) electrons. The Morgan fingerprint density at radius 1 is 1.30 bits per heavy atom. The lowest BCUT2D eigenvalue weighted by molar-refractivity contribution is -0.123. The summed E-state index contributed by atoms with van der Waals surface area (Å²) < 4.78 is 10.6. The number of carbonyl (C=O) groups is 1. The van der Waals surface area contributed by atoms with E-state index in [0.717, 1.165) is 23.5 Å². The standard InChI is InChI=1S/C15H22N2O3/c1-9(2)14(16)15(18)17-10(3)6-11-4-5-12-13(7-11)20-8-19-12/h4-5,7,9-10,14H,6,8,16H2,1-3H3,(H,17,18). The molecule has 1 heterocycles. The predicted molar refractivity (Wildman–Crippen MR) is 76.7 cm³/mol. The van der Waals surface area contributed by atoms with Crippen LogP contribution >= 0.6 is 0 Å². The average molecular weight is 278 g/mol. The van der Waals surface area contributed by atoms with Crippen LogP contribution in [0.2, 0.25) is 0 Å². The number of hydrogen-bond acceptors (Lipinski definition) is 4. The molecular formula is C15H22N2O3. The molecule has 1 aromatic carbocycles. The summed E-state index contributed by atoms with van der Waals surface area (Å²) in [5, 5.41) is 2.94. The molecule has 2 atom stereocenters. The van der Waals surface area contributed by atoms with Gasteiger partial charge in [-0.25, -0.2) is 0 Å². The van der Waals surface area contributed by atoms with Crippen LogP contribution in [0.25, 0.3) is 0 Å². The van der Waals surface area contributed by atoms with Crippen molar-refractivity contribution in [1.82, 2.24) is 5.32 Å². The van der Waals surface area contributed by atoms with Gasteiger partial charge in [-0.1, -0.05) is 19.9 Å². The number of carbonyl (C=O) groups excluding carboxylic acids is 1. The normalized spacial score (nSPS) is 16.1. The van der Waals surface area contributed by atoms with Gasteiger partial charge in [0.05, 0.1) is 6.04 Å². The van der Waals surface area contributed by atoms with Gasteiger partial charge >= 0.3 is 0 Å². The molecule has 5 heteroatoms. The first-order chi connectivity index (χ1) is 9.47. The van der Waals surface area contributed by atoms with Gasteiger partial charge < -0.3 is 20.5 Å².